The molecule has 0 saturated carbocycles. The third-order valence-electron chi connectivity index (χ3n) is 1.84. The molecule has 0 aromatic carbocycles. The highest BCUT2D eigenvalue weighted by Crippen LogP contribution is 2.29. The molecule has 0 atom stereocenters. The lowest BCUT2D eigenvalue weighted by Gasteiger charge is -2.06. The van der Waals surface area contributed by atoms with Crippen molar-refractivity contribution in [3.63, 3.8) is 0 Å². The Balaban J connectivity index is 2.86. The number of hydrogen-bond donors (Lipinski definition) is 0. The molecule has 1 aromatic heterocycles. The largest absolute Gasteiger partial charge is 0.465 e. The summed E-state index contributed by atoms with van der Waals surface area (Å²) in [7, 11) is 0. The van der Waals surface area contributed by atoms with Gasteiger partial charge in [-0.25, -0.2) is 0 Å². The zero-order valence-electron chi connectivity index (χ0n) is 9.54. The van der Waals surface area contributed by atoms with Crippen LogP contribution in [0.15, 0.2) is 18.3 Å². The first-order chi connectivity index (χ1) is 8.45. The lowest BCUT2D eigenvalue weighted by molar-refractivity contribution is -0.142. The topological polar surface area (TPSA) is 39.2 Å². The molecule has 18 heavy (non-hydrogen) atoms. The predicted molar refractivity (Wildman–Crippen MR) is 57.4 cm³/mol. The van der Waals surface area contributed by atoms with Gasteiger partial charge < -0.3 is 4.74 Å². The number of nitrogens with zero attached hydrogens (tertiary/aromatic N) is 1. The number of ether oxygens (including phenoxy) is 1. The van der Waals surface area contributed by atoms with E-state index >= 15 is 0 Å². The summed E-state index contributed by atoms with van der Waals surface area (Å²) < 4.78 is 42.2. The van der Waals surface area contributed by atoms with Crippen molar-refractivity contribution in [1.29, 1.82) is 0 Å². The molecule has 1 heterocycles. The summed E-state index contributed by atoms with van der Waals surface area (Å²) in [5.41, 5.74) is -1.31. The number of rotatable bonds is 2. The molecule has 0 saturated heterocycles. The standard InChI is InChI=1S/C12H10F3NO2/c1-2-18-10(17)7-3-5-9-6-4-8-16-11(9)12(13,14)15/h4,6,8H,2,7H2,1H3. The SMILES string of the molecule is CCOC(=O)CC#Cc1cccnc1C(F)(F)F. The van der Waals surface area contributed by atoms with Crippen molar-refractivity contribution < 1.29 is 22.7 Å². The van der Waals surface area contributed by atoms with Gasteiger partial charge in [0.1, 0.15) is 6.42 Å². The van der Waals surface area contributed by atoms with Crippen LogP contribution in [0.1, 0.15) is 24.6 Å². The normalized spacial score (nSPS) is 10.4. The van der Waals surface area contributed by atoms with Crippen molar-refractivity contribution in [3.05, 3.63) is 29.6 Å². The first-order valence-corrected chi connectivity index (χ1v) is 5.12. The Morgan fingerprint density at radius 1 is 1.50 bits per heavy atom. The molecule has 1 aromatic rings. The van der Waals surface area contributed by atoms with Crippen LogP contribution < -0.4 is 0 Å². The molecule has 0 amide bonds. The van der Waals surface area contributed by atoms with Crippen LogP contribution in [0.4, 0.5) is 13.2 Å². The van der Waals surface area contributed by atoms with Crippen LogP contribution in [0.5, 0.6) is 0 Å². The molecule has 0 unspecified atom stereocenters. The maximum Gasteiger partial charge on any atom is 0.434 e. The fraction of sp³-hybridized carbons (Fsp3) is 0.333. The molecular weight excluding hydrogens is 247 g/mol. The Kier molecular flexibility index (Phi) is 4.72. The third-order valence-corrected chi connectivity index (χ3v) is 1.84. The van der Waals surface area contributed by atoms with Crippen LogP contribution in [0.2, 0.25) is 0 Å². The van der Waals surface area contributed by atoms with Crippen molar-refractivity contribution >= 4 is 5.97 Å². The molecular formula is C12H10F3NO2. The van der Waals surface area contributed by atoms with E-state index in [4.69, 9.17) is 0 Å². The van der Waals surface area contributed by atoms with Gasteiger partial charge in [-0.1, -0.05) is 11.8 Å². The first kappa shape index (κ1) is 14.0. The first-order valence-electron chi connectivity index (χ1n) is 5.12. The molecule has 3 nitrogen and oxygen atoms in total. The number of hydrogen-bond acceptors (Lipinski definition) is 3. The highest BCUT2D eigenvalue weighted by molar-refractivity contribution is 5.72. The summed E-state index contributed by atoms with van der Waals surface area (Å²) in [5, 5.41) is 0. The smallest absolute Gasteiger partial charge is 0.434 e. The van der Waals surface area contributed by atoms with E-state index in [-0.39, 0.29) is 18.6 Å². The monoisotopic (exact) mass is 257 g/mol. The van der Waals surface area contributed by atoms with Gasteiger partial charge in [0.25, 0.3) is 0 Å². The van der Waals surface area contributed by atoms with Crippen LogP contribution in [0.25, 0.3) is 0 Å². The van der Waals surface area contributed by atoms with E-state index < -0.39 is 17.8 Å². The minimum absolute atomic E-state index is 0.210. The van der Waals surface area contributed by atoms with Gasteiger partial charge in [-0.15, -0.1) is 0 Å². The highest BCUT2D eigenvalue weighted by atomic mass is 19.4. The van der Waals surface area contributed by atoms with Gasteiger partial charge in [0, 0.05) is 6.20 Å². The molecule has 0 N–H and O–H groups in total. The average molecular weight is 257 g/mol. The number of esters is 1. The van der Waals surface area contributed by atoms with E-state index in [0.717, 1.165) is 6.20 Å². The Hall–Kier alpha value is -2.03. The quantitative estimate of drug-likeness (QED) is 0.603. The van der Waals surface area contributed by atoms with Crippen LogP contribution in [-0.4, -0.2) is 17.6 Å². The maximum absolute atomic E-state index is 12.5. The molecule has 0 aliphatic heterocycles. The third kappa shape index (κ3) is 4.09. The van der Waals surface area contributed by atoms with Gasteiger partial charge in [-0.3, -0.25) is 9.78 Å². The predicted octanol–water partition coefficient (Wildman–Crippen LogP) is 2.41. The van der Waals surface area contributed by atoms with Crippen LogP contribution in [0, 0.1) is 11.8 Å². The van der Waals surface area contributed by atoms with Crippen molar-refractivity contribution in [2.75, 3.05) is 6.61 Å². The molecule has 0 fully saturated rings. The van der Waals surface area contributed by atoms with Crippen molar-refractivity contribution in [2.24, 2.45) is 0 Å². The van der Waals surface area contributed by atoms with Gasteiger partial charge in [0.05, 0.1) is 12.2 Å². The van der Waals surface area contributed by atoms with Gasteiger partial charge in [0.2, 0.25) is 0 Å². The molecule has 0 aliphatic rings. The Bertz CT molecular complexity index is 486. The Morgan fingerprint density at radius 3 is 2.83 bits per heavy atom. The number of aromatic nitrogens is 1. The Morgan fingerprint density at radius 2 is 2.22 bits per heavy atom. The second-order valence-electron chi connectivity index (χ2n) is 3.18. The van der Waals surface area contributed by atoms with Gasteiger partial charge in [0.15, 0.2) is 5.69 Å². The number of carbonyl (C=O) groups is 1. The summed E-state index contributed by atoms with van der Waals surface area (Å²) in [6.45, 7) is 1.84. The fourth-order valence-corrected chi connectivity index (χ4v) is 1.16. The minimum atomic E-state index is -4.56. The lowest BCUT2D eigenvalue weighted by Crippen LogP contribution is -2.10. The second kappa shape index (κ2) is 6.05. The van der Waals surface area contributed by atoms with E-state index in [1.54, 1.807) is 6.92 Å². The number of alkyl halides is 3. The lowest BCUT2D eigenvalue weighted by atomic mass is 10.2. The van der Waals surface area contributed by atoms with E-state index in [1.807, 2.05) is 0 Å². The van der Waals surface area contributed by atoms with Crippen molar-refractivity contribution in [2.45, 2.75) is 19.5 Å². The molecule has 1 rings (SSSR count). The zero-order chi connectivity index (χ0) is 13.6. The van der Waals surface area contributed by atoms with Gasteiger partial charge in [-0.05, 0) is 19.1 Å². The van der Waals surface area contributed by atoms with Crippen molar-refractivity contribution in [1.82, 2.24) is 4.98 Å². The van der Waals surface area contributed by atoms with Crippen LogP contribution in [-0.2, 0) is 15.7 Å². The van der Waals surface area contributed by atoms with E-state index in [0.29, 0.717) is 0 Å². The van der Waals surface area contributed by atoms with E-state index in [9.17, 15) is 18.0 Å². The molecule has 96 valence electrons. The average Bonchev–Trinajstić information content (AvgIpc) is 2.28. The summed E-state index contributed by atoms with van der Waals surface area (Å²) in [6.07, 6.45) is -3.77. The van der Waals surface area contributed by atoms with E-state index in [1.165, 1.54) is 12.1 Å². The number of pyridine rings is 1. The molecule has 0 aliphatic carbocycles. The molecule has 6 heteroatoms. The summed E-state index contributed by atoms with van der Waals surface area (Å²) in [6, 6.07) is 2.55. The van der Waals surface area contributed by atoms with E-state index in [2.05, 4.69) is 21.6 Å². The van der Waals surface area contributed by atoms with Crippen LogP contribution in [0.3, 0.4) is 0 Å². The van der Waals surface area contributed by atoms with Crippen molar-refractivity contribution in [3.8, 4) is 11.8 Å². The molecule has 0 spiro atoms. The molecule has 0 radical (unpaired) electrons. The summed E-state index contributed by atoms with van der Waals surface area (Å²) in [4.78, 5) is 14.2. The Labute approximate surface area is 102 Å². The van der Waals surface area contributed by atoms with Gasteiger partial charge >= 0.3 is 12.1 Å². The fourth-order valence-electron chi connectivity index (χ4n) is 1.16. The minimum Gasteiger partial charge on any atom is -0.465 e. The maximum atomic E-state index is 12.5. The van der Waals surface area contributed by atoms with Crippen LogP contribution >= 0.6 is 0 Å². The highest BCUT2D eigenvalue weighted by Gasteiger charge is 2.34. The molecule has 0 bridgehead atoms. The number of carbonyl (C=O) groups excluding carboxylic acids is 1. The second-order valence-corrected chi connectivity index (χ2v) is 3.18. The zero-order valence-corrected chi connectivity index (χ0v) is 9.54. The summed E-state index contributed by atoms with van der Waals surface area (Å²) in [5.74, 6) is 4.04. The van der Waals surface area contributed by atoms with Gasteiger partial charge in [-0.2, -0.15) is 13.2 Å². The summed E-state index contributed by atoms with van der Waals surface area (Å²) >= 11 is 0. The number of halogens is 3.